The molecule has 2 amide bonds. The van der Waals surface area contributed by atoms with Gasteiger partial charge in [-0.05, 0) is 43.9 Å². The highest BCUT2D eigenvalue weighted by molar-refractivity contribution is 5.96. The molecule has 1 spiro atoms. The van der Waals surface area contributed by atoms with Gasteiger partial charge in [0.1, 0.15) is 5.75 Å². The van der Waals surface area contributed by atoms with Gasteiger partial charge in [-0.3, -0.25) is 14.6 Å². The third-order valence-electron chi connectivity index (χ3n) is 6.89. The second kappa shape index (κ2) is 8.41. The predicted molar refractivity (Wildman–Crippen MR) is 127 cm³/mol. The predicted octanol–water partition coefficient (Wildman–Crippen LogP) is 1.40. The van der Waals surface area contributed by atoms with E-state index >= 15 is 0 Å². The molecule has 0 unspecified atom stereocenters. The summed E-state index contributed by atoms with van der Waals surface area (Å²) in [6, 6.07) is 8.82. The Bertz CT molecular complexity index is 1230. The van der Waals surface area contributed by atoms with Crippen molar-refractivity contribution in [2.45, 2.75) is 11.5 Å². The van der Waals surface area contributed by atoms with Gasteiger partial charge in [-0.2, -0.15) is 0 Å². The Kier molecular flexibility index (Phi) is 5.53. The average Bonchev–Trinajstić information content (AvgIpc) is 3.20. The van der Waals surface area contributed by atoms with Gasteiger partial charge in [0.05, 0.1) is 31.7 Å². The second-order valence-corrected chi connectivity index (χ2v) is 9.46. The summed E-state index contributed by atoms with van der Waals surface area (Å²) < 4.78 is 5.40. The number of aliphatic hydroxyl groups is 1. The highest BCUT2D eigenvalue weighted by atomic mass is 16.5. The zero-order chi connectivity index (χ0) is 24.0. The molecule has 2 aromatic heterocycles. The number of nitrogens with zero attached hydrogens (tertiary/aromatic N) is 4. The molecule has 0 radical (unpaired) electrons. The van der Waals surface area contributed by atoms with Gasteiger partial charge in [-0.1, -0.05) is 0 Å². The van der Waals surface area contributed by atoms with E-state index in [9.17, 15) is 14.7 Å². The fourth-order valence-electron chi connectivity index (χ4n) is 5.39. The van der Waals surface area contributed by atoms with E-state index in [0.717, 1.165) is 27.9 Å². The van der Waals surface area contributed by atoms with Gasteiger partial charge in [0, 0.05) is 60.3 Å². The Morgan fingerprint density at radius 2 is 1.94 bits per heavy atom. The lowest BCUT2D eigenvalue weighted by atomic mass is 9.68. The number of carbonyl (C=O) groups excluding carboxylic acids is 2. The molecule has 4 heterocycles. The molecule has 1 fully saturated rings. The summed E-state index contributed by atoms with van der Waals surface area (Å²) in [5.41, 5.74) is 2.98. The minimum Gasteiger partial charge on any atom is -0.497 e. The maximum absolute atomic E-state index is 13.2. The molecule has 2 aliphatic heterocycles. The Hall–Kier alpha value is -3.43. The summed E-state index contributed by atoms with van der Waals surface area (Å²) in [5, 5.41) is 11.4. The molecule has 0 bridgehead atoms. The van der Waals surface area contributed by atoms with Crippen LogP contribution < -0.4 is 4.74 Å². The number of amides is 2. The molecule has 1 atom stereocenters. The summed E-state index contributed by atoms with van der Waals surface area (Å²) in [5.74, 6) is 0.625. The van der Waals surface area contributed by atoms with Crippen LogP contribution in [0, 0.1) is 0 Å². The summed E-state index contributed by atoms with van der Waals surface area (Å²) in [7, 11) is 5.33. The minimum atomic E-state index is -0.476. The van der Waals surface area contributed by atoms with Crippen molar-refractivity contribution >= 4 is 22.7 Å². The summed E-state index contributed by atoms with van der Waals surface area (Å²) >= 11 is 0. The largest absolute Gasteiger partial charge is 0.497 e. The fraction of sp³-hybridized carbons (Fsp3) is 0.400. The number of hydrogen-bond donors (Lipinski definition) is 2. The molecular formula is C25H29N5O4. The molecule has 2 aliphatic rings. The molecule has 0 aliphatic carbocycles. The van der Waals surface area contributed by atoms with E-state index in [-0.39, 0.29) is 25.0 Å². The zero-order valence-corrected chi connectivity index (χ0v) is 19.6. The van der Waals surface area contributed by atoms with Crippen LogP contribution in [0.5, 0.6) is 5.75 Å². The number of aliphatic hydroxyl groups excluding tert-OH is 1. The van der Waals surface area contributed by atoms with Crippen molar-refractivity contribution < 1.29 is 19.4 Å². The number of aromatic nitrogens is 2. The number of rotatable bonds is 5. The maximum Gasteiger partial charge on any atom is 0.254 e. The van der Waals surface area contributed by atoms with Gasteiger partial charge < -0.3 is 29.5 Å². The second-order valence-electron chi connectivity index (χ2n) is 9.46. The standard InChI is InChI=1S/C25H29N5O4/c1-28(2)11-21(32)30-15-25(13-29(14-25)24(33)16-6-8-26-9-7-16)22-18-5-4-17(34-3)10-19(18)27-23(22)20(30)12-31/h4-10,20,27,31H,11-15H2,1-3H3/t20-/m1/s1. The van der Waals surface area contributed by atoms with Crippen LogP contribution in [0.3, 0.4) is 0 Å². The van der Waals surface area contributed by atoms with Crippen molar-refractivity contribution in [1.29, 1.82) is 0 Å². The first kappa shape index (κ1) is 22.4. The number of H-pyrrole nitrogens is 1. The van der Waals surface area contributed by atoms with Gasteiger partial charge >= 0.3 is 0 Å². The lowest BCUT2D eigenvalue weighted by Crippen LogP contribution is -2.68. The van der Waals surface area contributed by atoms with Crippen molar-refractivity contribution in [3.63, 3.8) is 0 Å². The van der Waals surface area contributed by atoms with E-state index in [4.69, 9.17) is 4.74 Å². The third-order valence-corrected chi connectivity index (χ3v) is 6.89. The SMILES string of the molecule is COc1ccc2c3c([nH]c2c1)[C@@H](CO)N(C(=O)CN(C)C)CC31CN(C(=O)c2ccncc2)C1. The molecule has 1 saturated heterocycles. The number of benzene rings is 1. The average molecular weight is 464 g/mol. The fourth-order valence-corrected chi connectivity index (χ4v) is 5.39. The molecule has 3 aromatic rings. The van der Waals surface area contributed by atoms with Gasteiger partial charge in [-0.15, -0.1) is 0 Å². The molecule has 9 nitrogen and oxygen atoms in total. The van der Waals surface area contributed by atoms with Crippen LogP contribution in [0.4, 0.5) is 0 Å². The van der Waals surface area contributed by atoms with Crippen molar-refractivity contribution in [3.8, 4) is 5.75 Å². The monoisotopic (exact) mass is 463 g/mol. The number of methoxy groups -OCH3 is 1. The summed E-state index contributed by atoms with van der Waals surface area (Å²) in [6.45, 7) is 1.48. The Morgan fingerprint density at radius 3 is 2.59 bits per heavy atom. The number of nitrogens with one attached hydrogen (secondary N) is 1. The van der Waals surface area contributed by atoms with E-state index in [1.54, 1.807) is 36.5 Å². The van der Waals surface area contributed by atoms with E-state index in [1.165, 1.54) is 0 Å². The smallest absolute Gasteiger partial charge is 0.254 e. The quantitative estimate of drug-likeness (QED) is 0.593. The molecule has 9 heteroatoms. The number of likely N-dealkylation sites (N-methyl/N-ethyl adjacent to an activating group) is 1. The molecule has 5 rings (SSSR count). The lowest BCUT2D eigenvalue weighted by molar-refractivity contribution is -0.139. The number of carbonyl (C=O) groups is 2. The highest BCUT2D eigenvalue weighted by Gasteiger charge is 2.55. The third kappa shape index (κ3) is 3.52. The van der Waals surface area contributed by atoms with Crippen LogP contribution in [0.25, 0.3) is 10.9 Å². The molecule has 0 saturated carbocycles. The van der Waals surface area contributed by atoms with Crippen molar-refractivity contribution in [3.05, 3.63) is 59.5 Å². The van der Waals surface area contributed by atoms with Crippen LogP contribution in [0.1, 0.15) is 27.7 Å². The highest BCUT2D eigenvalue weighted by Crippen LogP contribution is 2.48. The van der Waals surface area contributed by atoms with E-state index in [0.29, 0.717) is 25.2 Å². The Morgan fingerprint density at radius 1 is 1.21 bits per heavy atom. The first-order chi connectivity index (χ1) is 16.4. The van der Waals surface area contributed by atoms with Gasteiger partial charge in [0.2, 0.25) is 5.91 Å². The molecule has 2 N–H and O–H groups in total. The van der Waals surface area contributed by atoms with Gasteiger partial charge in [0.15, 0.2) is 0 Å². The molecule has 178 valence electrons. The topological polar surface area (TPSA) is 102 Å². The first-order valence-electron chi connectivity index (χ1n) is 11.3. The van der Waals surface area contributed by atoms with Gasteiger partial charge in [0.25, 0.3) is 5.91 Å². The summed E-state index contributed by atoms with van der Waals surface area (Å²) in [6.07, 6.45) is 3.23. The number of likely N-dealkylation sites (tertiary alicyclic amines) is 1. The maximum atomic E-state index is 13.2. The van der Waals surface area contributed by atoms with Crippen LogP contribution in [-0.2, 0) is 10.2 Å². The van der Waals surface area contributed by atoms with E-state index < -0.39 is 11.5 Å². The molecular weight excluding hydrogens is 434 g/mol. The van der Waals surface area contributed by atoms with Crippen LogP contribution in [0.2, 0.25) is 0 Å². The molecule has 1 aromatic carbocycles. The normalized spacial score (nSPS) is 18.8. The number of hydrogen-bond acceptors (Lipinski definition) is 6. The van der Waals surface area contributed by atoms with Crippen molar-refractivity contribution in [2.24, 2.45) is 0 Å². The van der Waals surface area contributed by atoms with Crippen LogP contribution in [0.15, 0.2) is 42.7 Å². The van der Waals surface area contributed by atoms with Crippen LogP contribution >= 0.6 is 0 Å². The number of fused-ring (bicyclic) bond motifs is 4. The van der Waals surface area contributed by atoms with Crippen LogP contribution in [-0.4, -0.2) is 95.6 Å². The lowest BCUT2D eigenvalue weighted by Gasteiger charge is -2.56. The number of pyridine rings is 1. The Labute approximate surface area is 197 Å². The van der Waals surface area contributed by atoms with Crippen molar-refractivity contribution in [1.82, 2.24) is 24.7 Å². The van der Waals surface area contributed by atoms with Gasteiger partial charge in [-0.25, -0.2) is 0 Å². The number of ether oxygens (including phenoxy) is 1. The number of aromatic amines is 1. The Balaban J connectivity index is 1.57. The van der Waals surface area contributed by atoms with E-state index in [1.807, 2.05) is 42.1 Å². The molecule has 34 heavy (non-hydrogen) atoms. The minimum absolute atomic E-state index is 0.0495. The van der Waals surface area contributed by atoms with E-state index in [2.05, 4.69) is 9.97 Å². The van der Waals surface area contributed by atoms with Crippen molar-refractivity contribution in [2.75, 3.05) is 54.0 Å². The zero-order valence-electron chi connectivity index (χ0n) is 19.6. The first-order valence-corrected chi connectivity index (χ1v) is 11.3. The summed E-state index contributed by atoms with van der Waals surface area (Å²) in [4.78, 5) is 39.2.